The molecule has 2 N–H and O–H groups in total. The zero-order chi connectivity index (χ0) is 16.3. The smallest absolute Gasteiger partial charge is 0.308 e. The zero-order valence-corrected chi connectivity index (χ0v) is 13.7. The van der Waals surface area contributed by atoms with Crippen LogP contribution in [-0.4, -0.2) is 36.0 Å². The van der Waals surface area contributed by atoms with Crippen LogP contribution in [0.5, 0.6) is 0 Å². The van der Waals surface area contributed by atoms with E-state index in [1.165, 1.54) is 6.92 Å². The highest BCUT2D eigenvalue weighted by Crippen LogP contribution is 2.31. The molecule has 0 saturated carbocycles. The molecule has 2 unspecified atom stereocenters. The lowest BCUT2D eigenvalue weighted by Crippen LogP contribution is -2.39. The number of carbonyl (C=O) groups is 3. The Hall–Kier alpha value is -1.89. The summed E-state index contributed by atoms with van der Waals surface area (Å²) in [5, 5.41) is 11.3. The number of rotatable bonds is 5. The minimum absolute atomic E-state index is 0.0208. The lowest BCUT2D eigenvalue weighted by atomic mass is 10.1. The molecule has 1 heterocycles. The molecule has 1 saturated heterocycles. The van der Waals surface area contributed by atoms with Gasteiger partial charge in [-0.15, -0.1) is 0 Å². The van der Waals surface area contributed by atoms with E-state index < -0.39 is 23.7 Å². The molecule has 2 rings (SSSR count). The van der Waals surface area contributed by atoms with E-state index in [0.717, 1.165) is 10.2 Å². The van der Waals surface area contributed by atoms with Crippen molar-refractivity contribution in [2.24, 2.45) is 11.8 Å². The summed E-state index contributed by atoms with van der Waals surface area (Å²) in [6.07, 6.45) is 0.424. The van der Waals surface area contributed by atoms with Crippen molar-refractivity contribution in [1.29, 1.82) is 0 Å². The van der Waals surface area contributed by atoms with Crippen molar-refractivity contribution < 1.29 is 19.5 Å². The van der Waals surface area contributed by atoms with E-state index in [9.17, 15) is 14.4 Å². The molecule has 2 atom stereocenters. The van der Waals surface area contributed by atoms with Crippen LogP contribution in [-0.2, 0) is 14.4 Å². The van der Waals surface area contributed by atoms with Crippen LogP contribution in [0, 0.1) is 11.8 Å². The molecule has 1 fully saturated rings. The third-order valence-corrected chi connectivity index (χ3v) is 4.34. The molecule has 1 aliphatic heterocycles. The highest BCUT2D eigenvalue weighted by molar-refractivity contribution is 9.10. The van der Waals surface area contributed by atoms with Crippen LogP contribution in [0.25, 0.3) is 0 Å². The molecule has 0 aliphatic carbocycles. The third kappa shape index (κ3) is 3.47. The number of hydrogen-bond acceptors (Lipinski definition) is 3. The van der Waals surface area contributed by atoms with Gasteiger partial charge in [0.2, 0.25) is 11.8 Å². The number of benzene rings is 1. The normalized spacial score (nSPS) is 19.1. The number of carboxylic acid groups (broad SMARTS) is 1. The summed E-state index contributed by atoms with van der Waals surface area (Å²) < 4.78 is 0.795. The predicted octanol–water partition coefficient (Wildman–Crippen LogP) is 1.64. The molecule has 0 aromatic heterocycles. The Bertz CT molecular complexity index is 605. The Kier molecular flexibility index (Phi) is 5.18. The Labute approximate surface area is 136 Å². The summed E-state index contributed by atoms with van der Waals surface area (Å²) in [6.45, 7) is 1.99. The minimum atomic E-state index is -0.979. The fraction of sp³-hybridized carbons (Fsp3) is 0.400. The summed E-state index contributed by atoms with van der Waals surface area (Å²) in [6, 6.07) is 7.33. The minimum Gasteiger partial charge on any atom is -0.481 e. The van der Waals surface area contributed by atoms with Crippen molar-refractivity contribution in [3.05, 3.63) is 28.7 Å². The third-order valence-electron chi connectivity index (χ3n) is 3.67. The first kappa shape index (κ1) is 16.5. The highest BCUT2D eigenvalue weighted by atomic mass is 79.9. The number of nitrogens with one attached hydrogen (secondary N) is 1. The summed E-state index contributed by atoms with van der Waals surface area (Å²) in [7, 11) is 0. The van der Waals surface area contributed by atoms with Gasteiger partial charge < -0.3 is 15.3 Å². The van der Waals surface area contributed by atoms with Crippen molar-refractivity contribution in [3.8, 4) is 0 Å². The maximum absolute atomic E-state index is 12.4. The molecule has 118 valence electrons. The zero-order valence-electron chi connectivity index (χ0n) is 12.1. The Morgan fingerprint density at radius 3 is 2.77 bits per heavy atom. The summed E-state index contributed by atoms with van der Waals surface area (Å²) >= 11 is 3.40. The van der Waals surface area contributed by atoms with E-state index in [2.05, 4.69) is 21.2 Å². The van der Waals surface area contributed by atoms with Gasteiger partial charge in [-0.05, 0) is 34.5 Å². The molecule has 7 heteroatoms. The van der Waals surface area contributed by atoms with Gasteiger partial charge >= 0.3 is 5.97 Å². The molecule has 6 nitrogen and oxygen atoms in total. The first-order valence-corrected chi connectivity index (χ1v) is 7.77. The average molecular weight is 369 g/mol. The molecule has 1 aromatic carbocycles. The molecular formula is C15H17BrN2O4. The number of nitrogens with zero attached hydrogens (tertiary/aromatic N) is 1. The van der Waals surface area contributed by atoms with Gasteiger partial charge in [0, 0.05) is 17.6 Å². The lowest BCUT2D eigenvalue weighted by molar-refractivity contribution is -0.141. The van der Waals surface area contributed by atoms with Gasteiger partial charge in [0.05, 0.1) is 11.6 Å². The van der Waals surface area contributed by atoms with Gasteiger partial charge in [-0.1, -0.05) is 19.1 Å². The number of anilines is 1. The number of halogens is 1. The number of hydrogen-bond donors (Lipinski definition) is 2. The van der Waals surface area contributed by atoms with Crippen LogP contribution >= 0.6 is 15.9 Å². The topological polar surface area (TPSA) is 86.7 Å². The second-order valence-corrected chi connectivity index (χ2v) is 6.12. The summed E-state index contributed by atoms with van der Waals surface area (Å²) in [4.78, 5) is 36.8. The maximum Gasteiger partial charge on any atom is 0.308 e. The Balaban J connectivity index is 2.01. The number of carboxylic acids is 1. The lowest BCUT2D eigenvalue weighted by Gasteiger charge is -2.18. The first-order chi connectivity index (χ1) is 10.4. The SMILES string of the molecule is CC(CNC(=O)C1CCN(c2ccccc2Br)C1=O)C(=O)O. The van der Waals surface area contributed by atoms with E-state index in [-0.39, 0.29) is 12.5 Å². The molecule has 1 aliphatic rings. The van der Waals surface area contributed by atoms with Gasteiger partial charge in [-0.25, -0.2) is 0 Å². The number of aliphatic carboxylic acids is 1. The van der Waals surface area contributed by atoms with E-state index in [1.807, 2.05) is 24.3 Å². The Morgan fingerprint density at radius 2 is 2.14 bits per heavy atom. The van der Waals surface area contributed by atoms with E-state index in [1.54, 1.807) is 4.90 Å². The predicted molar refractivity (Wildman–Crippen MR) is 84.4 cm³/mol. The van der Waals surface area contributed by atoms with Gasteiger partial charge in [0.15, 0.2) is 0 Å². The van der Waals surface area contributed by atoms with E-state index in [0.29, 0.717) is 13.0 Å². The van der Waals surface area contributed by atoms with Crippen LogP contribution in [0.4, 0.5) is 5.69 Å². The van der Waals surface area contributed by atoms with Crippen molar-refractivity contribution in [1.82, 2.24) is 5.32 Å². The molecule has 1 aromatic rings. The van der Waals surface area contributed by atoms with Crippen molar-refractivity contribution in [2.45, 2.75) is 13.3 Å². The average Bonchev–Trinajstić information content (AvgIpc) is 2.86. The molecule has 0 spiro atoms. The Morgan fingerprint density at radius 1 is 1.45 bits per heavy atom. The molecule has 2 amide bonds. The van der Waals surface area contributed by atoms with E-state index >= 15 is 0 Å². The summed E-state index contributed by atoms with van der Waals surface area (Å²) in [5.74, 6) is -3.08. The summed E-state index contributed by atoms with van der Waals surface area (Å²) in [5.41, 5.74) is 0.738. The molecular weight excluding hydrogens is 352 g/mol. The second-order valence-electron chi connectivity index (χ2n) is 5.27. The van der Waals surface area contributed by atoms with Crippen LogP contribution in [0.15, 0.2) is 28.7 Å². The van der Waals surface area contributed by atoms with Crippen LogP contribution in [0.3, 0.4) is 0 Å². The largest absolute Gasteiger partial charge is 0.481 e. The van der Waals surface area contributed by atoms with Gasteiger partial charge in [0.25, 0.3) is 0 Å². The number of carbonyl (C=O) groups excluding carboxylic acids is 2. The van der Waals surface area contributed by atoms with Crippen molar-refractivity contribution in [2.75, 3.05) is 18.0 Å². The number of amides is 2. The quantitative estimate of drug-likeness (QED) is 0.773. The molecule has 0 radical (unpaired) electrons. The fourth-order valence-electron chi connectivity index (χ4n) is 2.30. The van der Waals surface area contributed by atoms with Crippen LogP contribution in [0.2, 0.25) is 0 Å². The van der Waals surface area contributed by atoms with Crippen molar-refractivity contribution in [3.63, 3.8) is 0 Å². The van der Waals surface area contributed by atoms with Crippen LogP contribution < -0.4 is 10.2 Å². The first-order valence-electron chi connectivity index (χ1n) is 6.98. The highest BCUT2D eigenvalue weighted by Gasteiger charge is 2.38. The van der Waals surface area contributed by atoms with Gasteiger partial charge in [-0.3, -0.25) is 14.4 Å². The van der Waals surface area contributed by atoms with Gasteiger partial charge in [-0.2, -0.15) is 0 Å². The molecule has 0 bridgehead atoms. The fourth-order valence-corrected chi connectivity index (χ4v) is 2.80. The molecule has 22 heavy (non-hydrogen) atoms. The maximum atomic E-state index is 12.4. The van der Waals surface area contributed by atoms with Crippen LogP contribution in [0.1, 0.15) is 13.3 Å². The standard InChI is InChI=1S/C15H17BrN2O4/c1-9(15(21)22)8-17-13(19)10-6-7-18(14(10)20)12-5-3-2-4-11(12)16/h2-5,9-10H,6-8H2,1H3,(H,17,19)(H,21,22). The van der Waals surface area contributed by atoms with Gasteiger partial charge in [0.1, 0.15) is 5.92 Å². The number of para-hydroxylation sites is 1. The van der Waals surface area contributed by atoms with E-state index in [4.69, 9.17) is 5.11 Å². The monoisotopic (exact) mass is 368 g/mol. The van der Waals surface area contributed by atoms with Crippen molar-refractivity contribution >= 4 is 39.4 Å². The second kappa shape index (κ2) is 6.91.